The first kappa shape index (κ1) is 9.44. The van der Waals surface area contributed by atoms with Crippen LogP contribution in [0.5, 0.6) is 0 Å². The first-order chi connectivity index (χ1) is 6.42. The Labute approximate surface area is 80.4 Å². The van der Waals surface area contributed by atoms with E-state index in [1.807, 2.05) is 0 Å². The maximum Gasteiger partial charge on any atom is 0.0594 e. The van der Waals surface area contributed by atoms with Crippen LogP contribution in [-0.2, 0) is 4.74 Å². The molecule has 2 fully saturated rings. The van der Waals surface area contributed by atoms with Crippen molar-refractivity contribution in [2.24, 2.45) is 0 Å². The summed E-state index contributed by atoms with van der Waals surface area (Å²) >= 11 is 0. The summed E-state index contributed by atoms with van der Waals surface area (Å²) in [5.41, 5.74) is 0. The summed E-state index contributed by atoms with van der Waals surface area (Å²) in [7, 11) is 2.09. The van der Waals surface area contributed by atoms with Gasteiger partial charge in [-0.25, -0.2) is 0 Å². The highest BCUT2D eigenvalue weighted by Gasteiger charge is 2.31. The number of morpholine rings is 1. The summed E-state index contributed by atoms with van der Waals surface area (Å²) in [5.74, 6) is 0. The molecule has 1 saturated heterocycles. The summed E-state index contributed by atoms with van der Waals surface area (Å²) < 4.78 is 5.37. The molecule has 13 heavy (non-hydrogen) atoms. The van der Waals surface area contributed by atoms with E-state index < -0.39 is 0 Å². The van der Waals surface area contributed by atoms with E-state index in [1.165, 1.54) is 19.3 Å². The van der Waals surface area contributed by atoms with E-state index in [9.17, 15) is 0 Å². The van der Waals surface area contributed by atoms with Crippen molar-refractivity contribution in [3.05, 3.63) is 0 Å². The number of rotatable bonds is 2. The van der Waals surface area contributed by atoms with Crippen molar-refractivity contribution in [3.8, 4) is 0 Å². The van der Waals surface area contributed by atoms with Crippen molar-refractivity contribution in [3.63, 3.8) is 0 Å². The molecule has 0 spiro atoms. The average Bonchev–Trinajstić information content (AvgIpc) is 2.67. The first-order valence-electron chi connectivity index (χ1n) is 5.41. The highest BCUT2D eigenvalue weighted by atomic mass is 16.5. The molecule has 1 N–H and O–H groups in total. The average molecular weight is 184 g/mol. The molecule has 0 aromatic carbocycles. The lowest BCUT2D eigenvalue weighted by atomic mass is 10.1. The molecular weight excluding hydrogens is 164 g/mol. The van der Waals surface area contributed by atoms with Crippen LogP contribution in [-0.4, -0.2) is 50.3 Å². The smallest absolute Gasteiger partial charge is 0.0594 e. The van der Waals surface area contributed by atoms with Crippen LogP contribution in [0.25, 0.3) is 0 Å². The Balaban J connectivity index is 1.90. The van der Waals surface area contributed by atoms with Crippen LogP contribution in [0, 0.1) is 0 Å². The van der Waals surface area contributed by atoms with Gasteiger partial charge in [-0.15, -0.1) is 0 Å². The van der Waals surface area contributed by atoms with Crippen LogP contribution in [0.1, 0.15) is 19.3 Å². The van der Waals surface area contributed by atoms with E-state index in [1.54, 1.807) is 0 Å². The van der Waals surface area contributed by atoms with Crippen molar-refractivity contribution in [2.45, 2.75) is 31.3 Å². The zero-order valence-electron chi connectivity index (χ0n) is 8.46. The Hall–Kier alpha value is -0.120. The Morgan fingerprint density at radius 3 is 2.69 bits per heavy atom. The summed E-state index contributed by atoms with van der Waals surface area (Å²) in [6.07, 6.45) is 4.09. The molecule has 0 radical (unpaired) electrons. The van der Waals surface area contributed by atoms with Gasteiger partial charge in [0.2, 0.25) is 0 Å². The molecule has 0 unspecified atom stereocenters. The molecule has 2 atom stereocenters. The van der Waals surface area contributed by atoms with E-state index in [0.29, 0.717) is 0 Å². The molecule has 1 aliphatic carbocycles. The van der Waals surface area contributed by atoms with Gasteiger partial charge in [0.25, 0.3) is 0 Å². The molecule has 0 aromatic rings. The number of likely N-dealkylation sites (N-methyl/N-ethyl adjacent to an activating group) is 1. The lowest BCUT2D eigenvalue weighted by molar-refractivity contribution is 0.0130. The summed E-state index contributed by atoms with van der Waals surface area (Å²) in [6, 6.07) is 1.49. The van der Waals surface area contributed by atoms with Gasteiger partial charge in [0.05, 0.1) is 13.2 Å². The highest BCUT2D eigenvalue weighted by Crippen LogP contribution is 2.24. The molecule has 0 aromatic heterocycles. The van der Waals surface area contributed by atoms with Crippen molar-refractivity contribution in [1.82, 2.24) is 10.2 Å². The minimum atomic E-state index is 0.720. The van der Waals surface area contributed by atoms with E-state index in [2.05, 4.69) is 17.3 Å². The second kappa shape index (κ2) is 4.40. The lowest BCUT2D eigenvalue weighted by Gasteiger charge is -2.35. The number of nitrogens with one attached hydrogen (secondary N) is 1. The lowest BCUT2D eigenvalue weighted by Crippen LogP contribution is -2.50. The summed E-state index contributed by atoms with van der Waals surface area (Å²) in [6.45, 7) is 4.10. The Morgan fingerprint density at radius 1 is 1.23 bits per heavy atom. The summed E-state index contributed by atoms with van der Waals surface area (Å²) in [5, 5.41) is 3.43. The fraction of sp³-hybridized carbons (Fsp3) is 1.00. The zero-order chi connectivity index (χ0) is 9.10. The molecule has 1 saturated carbocycles. The fourth-order valence-electron chi connectivity index (χ4n) is 2.62. The van der Waals surface area contributed by atoms with Crippen molar-refractivity contribution < 1.29 is 4.74 Å². The van der Waals surface area contributed by atoms with Gasteiger partial charge >= 0.3 is 0 Å². The van der Waals surface area contributed by atoms with Crippen molar-refractivity contribution in [1.29, 1.82) is 0 Å². The molecular formula is C10H20N2O. The monoisotopic (exact) mass is 184 g/mol. The number of hydrogen-bond acceptors (Lipinski definition) is 3. The van der Waals surface area contributed by atoms with Crippen LogP contribution < -0.4 is 5.32 Å². The van der Waals surface area contributed by atoms with E-state index in [-0.39, 0.29) is 0 Å². The van der Waals surface area contributed by atoms with E-state index in [4.69, 9.17) is 4.74 Å². The van der Waals surface area contributed by atoms with E-state index >= 15 is 0 Å². The topological polar surface area (TPSA) is 24.5 Å². The van der Waals surface area contributed by atoms with Gasteiger partial charge in [0.15, 0.2) is 0 Å². The van der Waals surface area contributed by atoms with Gasteiger partial charge in [0.1, 0.15) is 0 Å². The predicted octanol–water partition coefficient (Wildman–Crippen LogP) is 0.459. The number of ether oxygens (including phenoxy) is 1. The fourth-order valence-corrected chi connectivity index (χ4v) is 2.62. The molecule has 0 amide bonds. The molecule has 1 heterocycles. The number of nitrogens with zero attached hydrogens (tertiary/aromatic N) is 1. The molecule has 2 rings (SSSR count). The maximum atomic E-state index is 5.37. The van der Waals surface area contributed by atoms with Crippen LogP contribution >= 0.6 is 0 Å². The minimum Gasteiger partial charge on any atom is -0.379 e. The van der Waals surface area contributed by atoms with Gasteiger partial charge < -0.3 is 10.1 Å². The van der Waals surface area contributed by atoms with Gasteiger partial charge in [0, 0.05) is 25.2 Å². The molecule has 1 aliphatic heterocycles. The SMILES string of the molecule is CN[C@@H]1CCC[C@H]1N1CCOCC1. The van der Waals surface area contributed by atoms with Gasteiger partial charge in [-0.1, -0.05) is 6.42 Å². The standard InChI is InChI=1S/C10H20N2O/c1-11-9-3-2-4-10(9)12-5-7-13-8-6-12/h9-11H,2-8H2,1H3/t9-,10-/m1/s1. The third kappa shape index (κ3) is 2.03. The maximum absolute atomic E-state index is 5.37. The van der Waals surface area contributed by atoms with E-state index in [0.717, 1.165) is 38.4 Å². The first-order valence-corrected chi connectivity index (χ1v) is 5.41. The van der Waals surface area contributed by atoms with Crippen LogP contribution in [0.15, 0.2) is 0 Å². The Kier molecular flexibility index (Phi) is 3.19. The Morgan fingerprint density at radius 2 is 2.00 bits per heavy atom. The predicted molar refractivity (Wildman–Crippen MR) is 52.9 cm³/mol. The molecule has 0 bridgehead atoms. The quantitative estimate of drug-likeness (QED) is 0.675. The Bertz CT molecular complexity index is 157. The second-order valence-electron chi connectivity index (χ2n) is 4.04. The highest BCUT2D eigenvalue weighted by molar-refractivity contribution is 4.90. The molecule has 2 aliphatic rings. The normalized spacial score (nSPS) is 36.7. The van der Waals surface area contributed by atoms with Gasteiger partial charge in [-0.05, 0) is 19.9 Å². The minimum absolute atomic E-state index is 0.720. The summed E-state index contributed by atoms with van der Waals surface area (Å²) in [4.78, 5) is 2.59. The van der Waals surface area contributed by atoms with Gasteiger partial charge in [-0.3, -0.25) is 4.90 Å². The largest absolute Gasteiger partial charge is 0.379 e. The van der Waals surface area contributed by atoms with Crippen LogP contribution in [0.2, 0.25) is 0 Å². The zero-order valence-corrected chi connectivity index (χ0v) is 8.46. The molecule has 76 valence electrons. The van der Waals surface area contributed by atoms with Crippen LogP contribution in [0.4, 0.5) is 0 Å². The number of hydrogen-bond donors (Lipinski definition) is 1. The van der Waals surface area contributed by atoms with Crippen LogP contribution in [0.3, 0.4) is 0 Å². The second-order valence-corrected chi connectivity index (χ2v) is 4.04. The van der Waals surface area contributed by atoms with Crippen molar-refractivity contribution in [2.75, 3.05) is 33.4 Å². The molecule has 3 heteroatoms. The van der Waals surface area contributed by atoms with Crippen molar-refractivity contribution >= 4 is 0 Å². The molecule has 3 nitrogen and oxygen atoms in total. The third-order valence-electron chi connectivity index (χ3n) is 3.36. The third-order valence-corrected chi connectivity index (χ3v) is 3.36. The van der Waals surface area contributed by atoms with Gasteiger partial charge in [-0.2, -0.15) is 0 Å².